The molecule has 40 heavy (non-hydrogen) atoms. The van der Waals surface area contributed by atoms with Crippen molar-refractivity contribution >= 4 is 41.0 Å². The first kappa shape index (κ1) is 32.1. The van der Waals surface area contributed by atoms with Crippen LogP contribution < -0.4 is 26.4 Å². The number of rotatable bonds is 12. The van der Waals surface area contributed by atoms with Gasteiger partial charge in [0.05, 0.1) is 19.6 Å². The van der Waals surface area contributed by atoms with Crippen LogP contribution in [0.1, 0.15) is 42.2 Å². The van der Waals surface area contributed by atoms with Crippen LogP contribution in [0.15, 0.2) is 48.5 Å². The van der Waals surface area contributed by atoms with Gasteiger partial charge in [0, 0.05) is 10.6 Å². The van der Waals surface area contributed by atoms with Gasteiger partial charge in [-0.1, -0.05) is 43.6 Å². The fraction of sp³-hybridized carbons (Fsp3) is 0.346. The third-order valence-electron chi connectivity index (χ3n) is 5.64. The number of Topliss-reactive ketones (excluding diaryl/α,β-unsaturated/α-hetero) is 1. The van der Waals surface area contributed by atoms with Crippen molar-refractivity contribution in [3.05, 3.63) is 64.7 Å². The molecule has 0 radical (unpaired) electrons. The number of hydrogen-bond acceptors (Lipinski definition) is 6. The van der Waals surface area contributed by atoms with Gasteiger partial charge in [0.2, 0.25) is 17.7 Å². The Morgan fingerprint density at radius 1 is 0.950 bits per heavy atom. The highest BCUT2D eigenvalue weighted by atomic mass is 35.5. The Labute approximate surface area is 232 Å². The summed E-state index contributed by atoms with van der Waals surface area (Å²) in [5, 5.41) is 6.96. The molecule has 0 bridgehead atoms. The Bertz CT molecular complexity index is 1250. The number of hydrogen-bond donors (Lipinski definition) is 4. The first-order valence-electron chi connectivity index (χ1n) is 11.8. The van der Waals surface area contributed by atoms with Crippen molar-refractivity contribution in [1.82, 2.24) is 16.0 Å². The summed E-state index contributed by atoms with van der Waals surface area (Å²) in [6.45, 7) is 2.62. The van der Waals surface area contributed by atoms with Gasteiger partial charge in [-0.25, -0.2) is 0 Å². The summed E-state index contributed by atoms with van der Waals surface area (Å²) in [5.41, 5.74) is 5.41. The van der Waals surface area contributed by atoms with E-state index in [1.54, 1.807) is 0 Å². The van der Waals surface area contributed by atoms with Crippen molar-refractivity contribution in [3.63, 3.8) is 0 Å². The first-order chi connectivity index (χ1) is 18.6. The molecular weight excluding hydrogens is 557 g/mol. The lowest BCUT2D eigenvalue weighted by Crippen LogP contribution is -2.55. The molecule has 5 N–H and O–H groups in total. The summed E-state index contributed by atoms with van der Waals surface area (Å²) < 4.78 is 44.6. The summed E-state index contributed by atoms with van der Waals surface area (Å²) in [6, 6.07) is 6.15. The number of ketones is 1. The minimum Gasteiger partial charge on any atom is -0.497 e. The predicted molar refractivity (Wildman–Crippen MR) is 138 cm³/mol. The van der Waals surface area contributed by atoms with Crippen LogP contribution in [0.4, 0.5) is 13.2 Å². The van der Waals surface area contributed by atoms with Crippen molar-refractivity contribution in [1.29, 1.82) is 0 Å². The van der Waals surface area contributed by atoms with Gasteiger partial charge in [-0.3, -0.25) is 24.0 Å². The zero-order chi connectivity index (χ0) is 30.2. The molecule has 3 atom stereocenters. The Hall–Kier alpha value is -4.13. The lowest BCUT2D eigenvalue weighted by Gasteiger charge is -2.27. The molecule has 0 aliphatic carbocycles. The van der Waals surface area contributed by atoms with E-state index in [4.69, 9.17) is 22.1 Å². The molecule has 0 spiro atoms. The minimum absolute atomic E-state index is 0.0599. The lowest BCUT2D eigenvalue weighted by atomic mass is 9.97. The molecule has 0 heterocycles. The zero-order valence-corrected chi connectivity index (χ0v) is 22.4. The maximum absolute atomic E-state index is 13.2. The quantitative estimate of drug-likeness (QED) is 0.300. The second kappa shape index (κ2) is 13.8. The number of ether oxygens (including phenoxy) is 1. The smallest absolute Gasteiger partial charge is 0.452 e. The molecule has 14 heteroatoms. The van der Waals surface area contributed by atoms with Gasteiger partial charge in [-0.2, -0.15) is 13.2 Å². The van der Waals surface area contributed by atoms with Crippen LogP contribution in [0.5, 0.6) is 5.75 Å². The van der Waals surface area contributed by atoms with Crippen LogP contribution in [0.25, 0.3) is 0 Å². The summed E-state index contributed by atoms with van der Waals surface area (Å²) in [4.78, 5) is 62.8. The molecule has 216 valence electrons. The molecule has 2 aromatic carbocycles. The molecule has 2 rings (SSSR count). The number of primary amides is 1. The van der Waals surface area contributed by atoms with Crippen LogP contribution in [0.2, 0.25) is 5.02 Å². The van der Waals surface area contributed by atoms with E-state index in [-0.39, 0.29) is 16.1 Å². The maximum atomic E-state index is 13.2. The number of amides is 4. The second-order valence-electron chi connectivity index (χ2n) is 9.01. The van der Waals surface area contributed by atoms with E-state index in [0.29, 0.717) is 5.75 Å². The number of nitrogens with two attached hydrogens (primary N) is 1. The topological polar surface area (TPSA) is 157 Å². The van der Waals surface area contributed by atoms with Crippen LogP contribution in [0.3, 0.4) is 0 Å². The molecule has 0 aromatic heterocycles. The average Bonchev–Trinajstić information content (AvgIpc) is 2.88. The molecule has 0 aliphatic rings. The zero-order valence-electron chi connectivity index (χ0n) is 21.7. The van der Waals surface area contributed by atoms with Crippen LogP contribution >= 0.6 is 11.6 Å². The molecule has 3 unspecified atom stereocenters. The van der Waals surface area contributed by atoms with Crippen LogP contribution in [0, 0.1) is 5.92 Å². The number of methoxy groups -OCH3 is 1. The van der Waals surface area contributed by atoms with E-state index in [1.807, 2.05) is 0 Å². The Morgan fingerprint density at radius 3 is 2.08 bits per heavy atom. The highest BCUT2D eigenvalue weighted by molar-refractivity contribution is 6.31. The van der Waals surface area contributed by atoms with Crippen LogP contribution in [-0.4, -0.2) is 54.8 Å². The summed E-state index contributed by atoms with van der Waals surface area (Å²) in [7, 11) is 1.38. The average molecular weight is 585 g/mol. The monoisotopic (exact) mass is 584 g/mol. The van der Waals surface area contributed by atoms with Gasteiger partial charge in [0.25, 0.3) is 11.7 Å². The molecular formula is C26H28ClF3N4O6. The van der Waals surface area contributed by atoms with E-state index in [9.17, 15) is 37.1 Å². The molecule has 0 saturated heterocycles. The first-order valence-corrected chi connectivity index (χ1v) is 12.2. The van der Waals surface area contributed by atoms with Crippen molar-refractivity contribution in [2.75, 3.05) is 7.11 Å². The van der Waals surface area contributed by atoms with E-state index < -0.39 is 66.1 Å². The van der Waals surface area contributed by atoms with E-state index >= 15 is 0 Å². The molecule has 0 aliphatic heterocycles. The number of nitrogens with one attached hydrogen (secondary N) is 3. The number of alkyl halides is 3. The van der Waals surface area contributed by atoms with Gasteiger partial charge >= 0.3 is 6.18 Å². The fourth-order valence-electron chi connectivity index (χ4n) is 3.57. The van der Waals surface area contributed by atoms with E-state index in [1.165, 1.54) is 69.5 Å². The molecule has 4 amide bonds. The third-order valence-corrected chi connectivity index (χ3v) is 5.87. The second-order valence-corrected chi connectivity index (χ2v) is 9.45. The largest absolute Gasteiger partial charge is 0.497 e. The lowest BCUT2D eigenvalue weighted by molar-refractivity contribution is -0.175. The number of benzene rings is 2. The van der Waals surface area contributed by atoms with Crippen molar-refractivity contribution < 1.29 is 41.9 Å². The van der Waals surface area contributed by atoms with E-state index in [0.717, 1.165) is 0 Å². The molecule has 2 aromatic rings. The highest BCUT2D eigenvalue weighted by Gasteiger charge is 2.45. The molecule has 0 fully saturated rings. The number of carbonyl (C=O) groups excluding carboxylic acids is 5. The fourth-order valence-corrected chi connectivity index (χ4v) is 3.76. The summed E-state index contributed by atoms with van der Waals surface area (Å²) in [6.07, 6.45) is -5.89. The highest BCUT2D eigenvalue weighted by Crippen LogP contribution is 2.23. The Balaban J connectivity index is 2.40. The normalized spacial score (nSPS) is 13.5. The SMILES string of the molecule is COc1ccc(C(NC(=O)C(CC(N)=O)NC(=O)c2cccc(Cl)c2)C(=O)NC(C(=O)C(F)(F)F)C(C)C)cc1. The Kier molecular flexibility index (Phi) is 11.1. The number of carbonyl (C=O) groups is 5. The van der Waals surface area contributed by atoms with Gasteiger partial charge in [-0.05, 0) is 41.8 Å². The van der Waals surface area contributed by atoms with Crippen molar-refractivity contribution in [2.45, 2.75) is 44.6 Å². The van der Waals surface area contributed by atoms with Gasteiger partial charge in [0.15, 0.2) is 0 Å². The van der Waals surface area contributed by atoms with E-state index in [2.05, 4.69) is 16.0 Å². The van der Waals surface area contributed by atoms with Gasteiger partial charge in [-0.15, -0.1) is 0 Å². The molecule has 10 nitrogen and oxygen atoms in total. The summed E-state index contributed by atoms with van der Waals surface area (Å²) >= 11 is 5.90. The standard InChI is InChI=1S/C26H28ClF3N4O6/c1-13(2)20(22(36)26(28,29)30)33-25(39)21(14-7-9-17(40-3)10-8-14)34-24(38)18(12-19(31)35)32-23(37)15-5-4-6-16(27)11-15/h4-11,13,18,20-21H,12H2,1-3H3,(H2,31,35)(H,32,37)(H,33,39)(H,34,38). The molecule has 0 saturated carbocycles. The van der Waals surface area contributed by atoms with Gasteiger partial charge in [0.1, 0.15) is 17.8 Å². The van der Waals surface area contributed by atoms with Crippen molar-refractivity contribution in [2.24, 2.45) is 11.7 Å². The van der Waals surface area contributed by atoms with Crippen LogP contribution in [-0.2, 0) is 19.2 Å². The summed E-state index contributed by atoms with van der Waals surface area (Å²) in [5.74, 6) is -6.69. The van der Waals surface area contributed by atoms with Crippen molar-refractivity contribution in [3.8, 4) is 5.75 Å². The third kappa shape index (κ3) is 8.97. The Morgan fingerprint density at radius 2 is 1.57 bits per heavy atom. The van der Waals surface area contributed by atoms with Gasteiger partial charge < -0.3 is 26.4 Å². The number of halogens is 4. The minimum atomic E-state index is -5.22. The maximum Gasteiger partial charge on any atom is 0.452 e. The predicted octanol–water partition coefficient (Wildman–Crippen LogP) is 2.45.